The lowest BCUT2D eigenvalue weighted by molar-refractivity contribution is -0.168. The molecule has 3 heterocycles. The van der Waals surface area contributed by atoms with Gasteiger partial charge in [-0.2, -0.15) is 0 Å². The molecule has 0 saturated carbocycles. The van der Waals surface area contributed by atoms with Gasteiger partial charge in [0.1, 0.15) is 6.10 Å². The maximum absolute atomic E-state index is 11.6. The maximum Gasteiger partial charge on any atom is 0.330 e. The van der Waals surface area contributed by atoms with Crippen LogP contribution < -0.4 is 0 Å². The standard InChI is InChI=1S/C16H18O5/c1-9-11-5-3-4-6-12(20-11)15(9)16-13(19-10(2)17)7-8-14(18)21-16/h3-9,11-13,15-16H,1-2H3/t9-,11-,12?,13+,15-,16-/m1/s1. The summed E-state index contributed by atoms with van der Waals surface area (Å²) in [5.74, 6) is -0.683. The molecule has 112 valence electrons. The molecule has 0 spiro atoms. The van der Waals surface area contributed by atoms with Crippen LogP contribution >= 0.6 is 0 Å². The summed E-state index contributed by atoms with van der Waals surface area (Å²) in [5.41, 5.74) is 0. The number of ether oxygens (including phenoxy) is 3. The Morgan fingerprint density at radius 1 is 1.19 bits per heavy atom. The highest BCUT2D eigenvalue weighted by Crippen LogP contribution is 2.40. The number of carbonyl (C=O) groups is 2. The van der Waals surface area contributed by atoms with Crippen molar-refractivity contribution in [1.82, 2.24) is 0 Å². The fourth-order valence-corrected chi connectivity index (χ4v) is 3.26. The molecular weight excluding hydrogens is 272 g/mol. The normalized spacial score (nSPS) is 40.8. The van der Waals surface area contributed by atoms with Crippen LogP contribution in [0.5, 0.6) is 0 Å². The average Bonchev–Trinajstić information content (AvgIpc) is 2.61. The predicted molar refractivity (Wildman–Crippen MR) is 74.2 cm³/mol. The molecule has 1 unspecified atom stereocenters. The molecule has 6 atom stereocenters. The molecule has 0 amide bonds. The third-order valence-corrected chi connectivity index (χ3v) is 4.21. The van der Waals surface area contributed by atoms with E-state index in [4.69, 9.17) is 14.2 Å². The molecule has 5 nitrogen and oxygen atoms in total. The second-order valence-corrected chi connectivity index (χ2v) is 5.61. The molecule has 0 aromatic heterocycles. The Bertz CT molecular complexity index is 533. The van der Waals surface area contributed by atoms with Gasteiger partial charge in [-0.1, -0.05) is 31.2 Å². The zero-order valence-corrected chi connectivity index (χ0v) is 12.0. The second kappa shape index (κ2) is 5.48. The summed E-state index contributed by atoms with van der Waals surface area (Å²) in [6.07, 6.45) is 9.52. The van der Waals surface area contributed by atoms with E-state index in [9.17, 15) is 9.59 Å². The van der Waals surface area contributed by atoms with Gasteiger partial charge >= 0.3 is 11.9 Å². The Balaban J connectivity index is 1.88. The van der Waals surface area contributed by atoms with E-state index in [1.165, 1.54) is 13.0 Å². The third kappa shape index (κ3) is 2.65. The van der Waals surface area contributed by atoms with E-state index in [-0.39, 0.29) is 24.0 Å². The van der Waals surface area contributed by atoms with Crippen LogP contribution in [0.1, 0.15) is 13.8 Å². The molecule has 5 heteroatoms. The highest BCUT2D eigenvalue weighted by molar-refractivity contribution is 5.83. The van der Waals surface area contributed by atoms with Gasteiger partial charge in [0.2, 0.25) is 0 Å². The van der Waals surface area contributed by atoms with E-state index in [2.05, 4.69) is 6.92 Å². The van der Waals surface area contributed by atoms with E-state index < -0.39 is 24.1 Å². The van der Waals surface area contributed by atoms with Gasteiger partial charge in [0.25, 0.3) is 0 Å². The summed E-state index contributed by atoms with van der Waals surface area (Å²) in [6, 6.07) is 0. The molecule has 2 bridgehead atoms. The lowest BCUT2D eigenvalue weighted by Gasteiger charge is -2.34. The highest BCUT2D eigenvalue weighted by atomic mass is 16.6. The van der Waals surface area contributed by atoms with Crippen LogP contribution in [0, 0.1) is 11.8 Å². The Labute approximate surface area is 123 Å². The first-order chi connectivity index (χ1) is 10.1. The summed E-state index contributed by atoms with van der Waals surface area (Å²) in [4.78, 5) is 22.9. The van der Waals surface area contributed by atoms with Crippen molar-refractivity contribution in [1.29, 1.82) is 0 Å². The van der Waals surface area contributed by atoms with Crippen molar-refractivity contribution in [2.24, 2.45) is 11.8 Å². The van der Waals surface area contributed by atoms with Crippen LogP contribution in [0.3, 0.4) is 0 Å². The first-order valence-electron chi connectivity index (χ1n) is 7.13. The van der Waals surface area contributed by atoms with E-state index in [0.717, 1.165) is 0 Å². The first kappa shape index (κ1) is 14.1. The number of cyclic esters (lactones) is 1. The molecule has 1 saturated heterocycles. The third-order valence-electron chi connectivity index (χ3n) is 4.21. The Hall–Kier alpha value is -1.88. The molecule has 21 heavy (non-hydrogen) atoms. The van der Waals surface area contributed by atoms with Crippen LogP contribution in [-0.4, -0.2) is 36.4 Å². The van der Waals surface area contributed by atoms with Gasteiger partial charge in [0.05, 0.1) is 12.2 Å². The molecule has 3 rings (SSSR count). The smallest absolute Gasteiger partial charge is 0.330 e. The van der Waals surface area contributed by atoms with E-state index in [0.29, 0.717) is 0 Å². The molecule has 1 fully saturated rings. The van der Waals surface area contributed by atoms with Gasteiger partial charge in [-0.05, 0) is 12.0 Å². The number of esters is 2. The number of allylic oxidation sites excluding steroid dienone is 2. The van der Waals surface area contributed by atoms with Gasteiger partial charge in [-0.25, -0.2) is 4.79 Å². The van der Waals surface area contributed by atoms with Crippen molar-refractivity contribution in [3.05, 3.63) is 36.5 Å². The van der Waals surface area contributed by atoms with Crippen LogP contribution in [0.2, 0.25) is 0 Å². The fourth-order valence-electron chi connectivity index (χ4n) is 3.26. The molecule has 3 aliphatic heterocycles. The molecule has 3 aliphatic rings. The summed E-state index contributed by atoms with van der Waals surface area (Å²) in [5, 5.41) is 0. The van der Waals surface area contributed by atoms with Crippen molar-refractivity contribution in [3.63, 3.8) is 0 Å². The first-order valence-corrected chi connectivity index (χ1v) is 7.13. The Morgan fingerprint density at radius 2 is 1.90 bits per heavy atom. The number of hydrogen-bond donors (Lipinski definition) is 0. The van der Waals surface area contributed by atoms with Crippen molar-refractivity contribution in [3.8, 4) is 0 Å². The van der Waals surface area contributed by atoms with E-state index in [1.807, 2.05) is 24.3 Å². The predicted octanol–water partition coefficient (Wildman–Crippen LogP) is 1.55. The number of hydrogen-bond acceptors (Lipinski definition) is 5. The minimum atomic E-state index is -0.561. The van der Waals surface area contributed by atoms with Crippen molar-refractivity contribution < 1.29 is 23.8 Å². The van der Waals surface area contributed by atoms with Gasteiger partial charge < -0.3 is 14.2 Å². The van der Waals surface area contributed by atoms with Crippen LogP contribution in [0.25, 0.3) is 0 Å². The van der Waals surface area contributed by atoms with E-state index in [1.54, 1.807) is 6.08 Å². The Kier molecular flexibility index (Phi) is 3.68. The number of fused-ring (bicyclic) bond motifs is 2. The summed E-state index contributed by atoms with van der Waals surface area (Å²) in [6.45, 7) is 3.41. The van der Waals surface area contributed by atoms with Gasteiger partial charge in [-0.15, -0.1) is 0 Å². The van der Waals surface area contributed by atoms with Gasteiger partial charge in [0.15, 0.2) is 6.10 Å². The van der Waals surface area contributed by atoms with Gasteiger partial charge in [-0.3, -0.25) is 4.79 Å². The largest absolute Gasteiger partial charge is 0.454 e. The van der Waals surface area contributed by atoms with Crippen LogP contribution in [0.4, 0.5) is 0 Å². The molecule has 0 aliphatic carbocycles. The number of carbonyl (C=O) groups excluding carboxylic acids is 2. The summed E-state index contributed by atoms with van der Waals surface area (Å²) >= 11 is 0. The molecule has 0 aromatic rings. The summed E-state index contributed by atoms with van der Waals surface area (Å²) < 4.78 is 16.7. The number of rotatable bonds is 2. The average molecular weight is 290 g/mol. The zero-order chi connectivity index (χ0) is 15.0. The SMILES string of the molecule is CC(=O)O[C@H]1C=CC(=O)O[C@H]1[C@H]1C2C=CC=C[C@@H](O2)[C@H]1C. The zero-order valence-electron chi connectivity index (χ0n) is 12.0. The second-order valence-electron chi connectivity index (χ2n) is 5.61. The molecule has 0 N–H and O–H groups in total. The molecule has 0 radical (unpaired) electrons. The van der Waals surface area contributed by atoms with Crippen LogP contribution in [-0.2, 0) is 23.8 Å². The topological polar surface area (TPSA) is 61.8 Å². The highest BCUT2D eigenvalue weighted by Gasteiger charge is 2.49. The van der Waals surface area contributed by atoms with Crippen molar-refractivity contribution in [2.75, 3.05) is 0 Å². The van der Waals surface area contributed by atoms with Crippen molar-refractivity contribution in [2.45, 2.75) is 38.3 Å². The fraction of sp³-hybridized carbons (Fsp3) is 0.500. The van der Waals surface area contributed by atoms with E-state index >= 15 is 0 Å². The summed E-state index contributed by atoms with van der Waals surface area (Å²) in [7, 11) is 0. The molecule has 0 aromatic carbocycles. The minimum absolute atomic E-state index is 0.0161. The monoisotopic (exact) mass is 290 g/mol. The lowest BCUT2D eigenvalue weighted by atomic mass is 9.80. The maximum atomic E-state index is 11.6. The lowest BCUT2D eigenvalue weighted by Crippen LogP contribution is -2.46. The van der Waals surface area contributed by atoms with Crippen molar-refractivity contribution >= 4 is 11.9 Å². The minimum Gasteiger partial charge on any atom is -0.454 e. The van der Waals surface area contributed by atoms with Gasteiger partial charge in [0, 0.05) is 18.9 Å². The molecular formula is C16H18O5. The van der Waals surface area contributed by atoms with Crippen LogP contribution in [0.15, 0.2) is 36.5 Å². The Morgan fingerprint density at radius 3 is 2.62 bits per heavy atom. The quantitative estimate of drug-likeness (QED) is 0.722.